The minimum atomic E-state index is 0.183. The van der Waals surface area contributed by atoms with Crippen molar-refractivity contribution in [2.75, 3.05) is 20.2 Å². The van der Waals surface area contributed by atoms with Crippen LogP contribution in [0.25, 0.3) is 0 Å². The SMILES string of the molecule is COc1ccc(CC2CCN(C(=O)c3ccc4c(c3)CNC4)CC2)cc1. The highest BCUT2D eigenvalue weighted by atomic mass is 16.5. The Bertz CT molecular complexity index is 777. The van der Waals surface area contributed by atoms with Gasteiger partial charge in [0.25, 0.3) is 5.91 Å². The number of rotatable bonds is 4. The van der Waals surface area contributed by atoms with Crippen molar-refractivity contribution in [3.63, 3.8) is 0 Å². The van der Waals surface area contributed by atoms with Crippen LogP contribution in [0.15, 0.2) is 42.5 Å². The molecule has 0 aromatic heterocycles. The average Bonchev–Trinajstić information content (AvgIpc) is 3.16. The molecule has 26 heavy (non-hydrogen) atoms. The van der Waals surface area contributed by atoms with E-state index in [1.807, 2.05) is 23.1 Å². The van der Waals surface area contributed by atoms with Crippen LogP contribution in [0, 0.1) is 5.92 Å². The summed E-state index contributed by atoms with van der Waals surface area (Å²) in [4.78, 5) is 14.8. The fraction of sp³-hybridized carbons (Fsp3) is 0.409. The van der Waals surface area contributed by atoms with Gasteiger partial charge in [0.2, 0.25) is 0 Å². The molecule has 1 amide bonds. The Morgan fingerprint density at radius 1 is 1.08 bits per heavy atom. The van der Waals surface area contributed by atoms with Gasteiger partial charge in [-0.1, -0.05) is 18.2 Å². The van der Waals surface area contributed by atoms with E-state index in [0.29, 0.717) is 5.92 Å². The van der Waals surface area contributed by atoms with E-state index < -0.39 is 0 Å². The zero-order valence-electron chi connectivity index (χ0n) is 15.3. The first kappa shape index (κ1) is 17.1. The van der Waals surface area contributed by atoms with Gasteiger partial charge in [-0.25, -0.2) is 0 Å². The summed E-state index contributed by atoms with van der Waals surface area (Å²) in [5, 5.41) is 3.34. The molecule has 0 bridgehead atoms. The molecule has 4 nitrogen and oxygen atoms in total. The van der Waals surface area contributed by atoms with E-state index in [2.05, 4.69) is 29.6 Å². The van der Waals surface area contributed by atoms with E-state index in [-0.39, 0.29) is 5.91 Å². The maximum absolute atomic E-state index is 12.8. The molecule has 2 heterocycles. The summed E-state index contributed by atoms with van der Waals surface area (Å²) in [6, 6.07) is 14.5. The summed E-state index contributed by atoms with van der Waals surface area (Å²) in [5.41, 5.74) is 4.77. The van der Waals surface area contributed by atoms with E-state index in [0.717, 1.165) is 56.8 Å². The zero-order chi connectivity index (χ0) is 17.9. The molecule has 0 unspecified atom stereocenters. The fourth-order valence-corrected chi connectivity index (χ4v) is 4.05. The van der Waals surface area contributed by atoms with Gasteiger partial charge in [0.05, 0.1) is 7.11 Å². The van der Waals surface area contributed by atoms with Crippen LogP contribution in [0.3, 0.4) is 0 Å². The highest BCUT2D eigenvalue weighted by Crippen LogP contribution is 2.25. The minimum absolute atomic E-state index is 0.183. The average molecular weight is 350 g/mol. The predicted octanol–water partition coefficient (Wildman–Crippen LogP) is 3.39. The van der Waals surface area contributed by atoms with E-state index in [1.165, 1.54) is 16.7 Å². The number of nitrogens with one attached hydrogen (secondary N) is 1. The Hall–Kier alpha value is -2.33. The second-order valence-electron chi connectivity index (χ2n) is 7.37. The van der Waals surface area contributed by atoms with Crippen LogP contribution in [0.5, 0.6) is 5.75 Å². The molecule has 4 heteroatoms. The van der Waals surface area contributed by atoms with Gasteiger partial charge >= 0.3 is 0 Å². The lowest BCUT2D eigenvalue weighted by molar-refractivity contribution is 0.0690. The Morgan fingerprint density at radius 2 is 1.81 bits per heavy atom. The van der Waals surface area contributed by atoms with Crippen molar-refractivity contribution >= 4 is 5.91 Å². The number of nitrogens with zero attached hydrogens (tertiary/aromatic N) is 1. The largest absolute Gasteiger partial charge is 0.497 e. The smallest absolute Gasteiger partial charge is 0.253 e. The van der Waals surface area contributed by atoms with Crippen LogP contribution < -0.4 is 10.1 Å². The number of amides is 1. The van der Waals surface area contributed by atoms with Crippen LogP contribution in [0.4, 0.5) is 0 Å². The monoisotopic (exact) mass is 350 g/mol. The first-order valence-corrected chi connectivity index (χ1v) is 9.47. The second-order valence-corrected chi connectivity index (χ2v) is 7.37. The number of carbonyl (C=O) groups excluding carboxylic acids is 1. The number of hydrogen-bond acceptors (Lipinski definition) is 3. The minimum Gasteiger partial charge on any atom is -0.497 e. The maximum atomic E-state index is 12.8. The van der Waals surface area contributed by atoms with Crippen LogP contribution >= 0.6 is 0 Å². The van der Waals surface area contributed by atoms with Gasteiger partial charge in [-0.05, 0) is 66.1 Å². The standard InChI is InChI=1S/C22H26N2O2/c1-26-21-6-2-16(3-7-21)12-17-8-10-24(11-9-17)22(25)18-4-5-19-14-23-15-20(19)13-18/h2-7,13,17,23H,8-12,14-15H2,1H3. The van der Waals surface area contributed by atoms with Crippen LogP contribution in [0.2, 0.25) is 0 Å². The van der Waals surface area contributed by atoms with Crippen LogP contribution in [0.1, 0.15) is 39.9 Å². The number of benzene rings is 2. The Kier molecular flexibility index (Phi) is 4.93. The molecule has 1 saturated heterocycles. The van der Waals surface area contributed by atoms with Crippen molar-refractivity contribution < 1.29 is 9.53 Å². The molecule has 136 valence electrons. The molecule has 4 rings (SSSR count). The fourth-order valence-electron chi connectivity index (χ4n) is 4.05. The van der Waals surface area contributed by atoms with Crippen molar-refractivity contribution in [1.29, 1.82) is 0 Å². The van der Waals surface area contributed by atoms with Gasteiger partial charge < -0.3 is 15.0 Å². The normalized spacial score (nSPS) is 17.2. The summed E-state index contributed by atoms with van der Waals surface area (Å²) in [5.74, 6) is 1.73. The van der Waals surface area contributed by atoms with Gasteiger partial charge in [-0.3, -0.25) is 4.79 Å². The lowest BCUT2D eigenvalue weighted by Crippen LogP contribution is -2.39. The number of piperidine rings is 1. The number of methoxy groups -OCH3 is 1. The van der Waals surface area contributed by atoms with Gasteiger partial charge in [-0.15, -0.1) is 0 Å². The van der Waals surface area contributed by atoms with E-state index in [9.17, 15) is 4.79 Å². The molecule has 2 aromatic rings. The highest BCUT2D eigenvalue weighted by Gasteiger charge is 2.24. The van der Waals surface area contributed by atoms with Gasteiger partial charge in [-0.2, -0.15) is 0 Å². The molecular weight excluding hydrogens is 324 g/mol. The Balaban J connectivity index is 1.33. The van der Waals surface area contributed by atoms with Crippen molar-refractivity contribution in [2.45, 2.75) is 32.4 Å². The van der Waals surface area contributed by atoms with Crippen LogP contribution in [-0.2, 0) is 19.5 Å². The Labute approximate surface area is 155 Å². The number of ether oxygens (including phenoxy) is 1. The lowest BCUT2D eigenvalue weighted by Gasteiger charge is -2.32. The van der Waals surface area contributed by atoms with Crippen molar-refractivity contribution in [3.8, 4) is 5.75 Å². The Morgan fingerprint density at radius 3 is 2.54 bits per heavy atom. The van der Waals surface area contributed by atoms with E-state index >= 15 is 0 Å². The highest BCUT2D eigenvalue weighted by molar-refractivity contribution is 5.94. The van der Waals surface area contributed by atoms with Crippen molar-refractivity contribution in [3.05, 3.63) is 64.7 Å². The number of likely N-dealkylation sites (tertiary alicyclic amines) is 1. The maximum Gasteiger partial charge on any atom is 0.253 e. The molecule has 2 aliphatic rings. The van der Waals surface area contributed by atoms with Gasteiger partial charge in [0, 0.05) is 31.7 Å². The lowest BCUT2D eigenvalue weighted by atomic mass is 9.90. The molecule has 0 spiro atoms. The van der Waals surface area contributed by atoms with Gasteiger partial charge in [0.1, 0.15) is 5.75 Å². The van der Waals surface area contributed by atoms with E-state index in [4.69, 9.17) is 4.74 Å². The second kappa shape index (κ2) is 7.50. The first-order chi connectivity index (χ1) is 12.7. The van der Waals surface area contributed by atoms with Crippen LogP contribution in [-0.4, -0.2) is 31.0 Å². The summed E-state index contributed by atoms with van der Waals surface area (Å²) in [7, 11) is 1.69. The number of fused-ring (bicyclic) bond motifs is 1. The third-order valence-electron chi connectivity index (χ3n) is 5.67. The molecule has 0 aliphatic carbocycles. The van der Waals surface area contributed by atoms with Crippen molar-refractivity contribution in [1.82, 2.24) is 10.2 Å². The summed E-state index contributed by atoms with van der Waals surface area (Å²) >= 11 is 0. The molecular formula is C22H26N2O2. The number of carbonyl (C=O) groups is 1. The molecule has 1 N–H and O–H groups in total. The summed E-state index contributed by atoms with van der Waals surface area (Å²) in [6.07, 6.45) is 3.23. The molecule has 0 radical (unpaired) electrons. The molecule has 1 fully saturated rings. The molecule has 0 atom stereocenters. The molecule has 2 aliphatic heterocycles. The summed E-state index contributed by atoms with van der Waals surface area (Å²) in [6.45, 7) is 3.50. The molecule has 0 saturated carbocycles. The first-order valence-electron chi connectivity index (χ1n) is 9.47. The van der Waals surface area contributed by atoms with Crippen molar-refractivity contribution in [2.24, 2.45) is 5.92 Å². The number of hydrogen-bond donors (Lipinski definition) is 1. The third-order valence-corrected chi connectivity index (χ3v) is 5.67. The molecule has 2 aromatic carbocycles. The zero-order valence-corrected chi connectivity index (χ0v) is 15.3. The topological polar surface area (TPSA) is 41.6 Å². The third kappa shape index (κ3) is 3.61. The summed E-state index contributed by atoms with van der Waals surface area (Å²) < 4.78 is 5.22. The van der Waals surface area contributed by atoms with E-state index in [1.54, 1.807) is 7.11 Å². The quantitative estimate of drug-likeness (QED) is 0.919. The predicted molar refractivity (Wildman–Crippen MR) is 102 cm³/mol. The van der Waals surface area contributed by atoms with Gasteiger partial charge in [0.15, 0.2) is 0 Å².